The largest absolute Gasteiger partial charge is 0.387 e. The fourth-order valence-electron chi connectivity index (χ4n) is 4.59. The number of aryl methyl sites for hydroxylation is 1. The van der Waals surface area contributed by atoms with E-state index < -0.39 is 6.10 Å². The van der Waals surface area contributed by atoms with Gasteiger partial charge >= 0.3 is 0 Å². The zero-order chi connectivity index (χ0) is 20.4. The van der Waals surface area contributed by atoms with Crippen molar-refractivity contribution >= 4 is 11.6 Å². The Balaban J connectivity index is 1.50. The van der Waals surface area contributed by atoms with E-state index in [-0.39, 0.29) is 11.7 Å². The monoisotopic (exact) mass is 396 g/mol. The van der Waals surface area contributed by atoms with Gasteiger partial charge in [-0.1, -0.05) is 19.1 Å². The number of anilines is 1. The zero-order valence-electron chi connectivity index (χ0n) is 17.0. The Morgan fingerprint density at radius 1 is 1.17 bits per heavy atom. The molecule has 1 saturated heterocycles. The number of aliphatic hydroxyl groups is 1. The Morgan fingerprint density at radius 3 is 2.72 bits per heavy atom. The fourth-order valence-corrected chi connectivity index (χ4v) is 4.59. The average Bonchev–Trinajstić information content (AvgIpc) is 2.73. The van der Waals surface area contributed by atoms with E-state index in [4.69, 9.17) is 0 Å². The molecule has 0 radical (unpaired) electrons. The number of benzene rings is 2. The summed E-state index contributed by atoms with van der Waals surface area (Å²) in [5.74, 6) is 0.231. The Hall–Kier alpha value is -2.24. The summed E-state index contributed by atoms with van der Waals surface area (Å²) in [5.41, 5.74) is 3.39. The maximum absolute atomic E-state index is 13.2. The molecule has 5 heteroatoms. The minimum absolute atomic E-state index is 0.110. The molecule has 0 spiro atoms. The fraction of sp³-hybridized carbons (Fsp3) is 0.458. The molecule has 29 heavy (non-hydrogen) atoms. The van der Waals surface area contributed by atoms with Crippen molar-refractivity contribution in [2.75, 3.05) is 31.1 Å². The van der Waals surface area contributed by atoms with Gasteiger partial charge in [0, 0.05) is 30.9 Å². The van der Waals surface area contributed by atoms with E-state index in [0.717, 1.165) is 42.7 Å². The standard InChI is InChI=1S/C24H29FN2O2/c1-17-4-2-12-26(15-17)16-23(28)20-8-11-22-19(14-20)5-3-13-27(22)24(29)18-6-9-21(25)10-7-18/h6-11,14,17,23,28H,2-5,12-13,15-16H2,1H3/t17-,23+/m0/s1. The van der Waals surface area contributed by atoms with E-state index in [2.05, 4.69) is 17.9 Å². The van der Waals surface area contributed by atoms with Gasteiger partial charge < -0.3 is 14.9 Å². The van der Waals surface area contributed by atoms with Crippen molar-refractivity contribution in [3.8, 4) is 0 Å². The third-order valence-electron chi connectivity index (χ3n) is 6.12. The predicted octanol–water partition coefficient (Wildman–Crippen LogP) is 4.18. The molecule has 2 aromatic rings. The van der Waals surface area contributed by atoms with Crippen LogP contribution in [-0.4, -0.2) is 42.1 Å². The van der Waals surface area contributed by atoms with Crippen molar-refractivity contribution in [1.29, 1.82) is 0 Å². The van der Waals surface area contributed by atoms with Crippen LogP contribution in [0.15, 0.2) is 42.5 Å². The van der Waals surface area contributed by atoms with Crippen LogP contribution >= 0.6 is 0 Å². The highest BCUT2D eigenvalue weighted by Crippen LogP contribution is 2.31. The Bertz CT molecular complexity index is 868. The lowest BCUT2D eigenvalue weighted by Gasteiger charge is -2.33. The number of fused-ring (bicyclic) bond motifs is 1. The molecule has 1 amide bonds. The second-order valence-electron chi connectivity index (χ2n) is 8.48. The summed E-state index contributed by atoms with van der Waals surface area (Å²) in [5, 5.41) is 10.8. The summed E-state index contributed by atoms with van der Waals surface area (Å²) < 4.78 is 13.2. The number of hydrogen-bond acceptors (Lipinski definition) is 3. The molecule has 2 aliphatic heterocycles. The number of amides is 1. The first-order valence-corrected chi connectivity index (χ1v) is 10.6. The van der Waals surface area contributed by atoms with Crippen molar-refractivity contribution in [2.45, 2.75) is 38.7 Å². The van der Waals surface area contributed by atoms with Crippen LogP contribution in [-0.2, 0) is 6.42 Å². The van der Waals surface area contributed by atoms with Crippen LogP contribution in [0.2, 0.25) is 0 Å². The number of carbonyl (C=O) groups excluding carboxylic acids is 1. The molecule has 4 nitrogen and oxygen atoms in total. The third-order valence-corrected chi connectivity index (χ3v) is 6.12. The van der Waals surface area contributed by atoms with Crippen LogP contribution in [0.1, 0.15) is 53.8 Å². The molecular formula is C24H29FN2O2. The SMILES string of the molecule is C[C@H]1CCCN(C[C@@H](O)c2ccc3c(c2)CCCN3C(=O)c2ccc(F)cc2)C1. The van der Waals surface area contributed by atoms with E-state index in [0.29, 0.717) is 24.6 Å². The molecule has 1 fully saturated rings. The number of likely N-dealkylation sites (tertiary alicyclic amines) is 1. The molecule has 2 aliphatic rings. The van der Waals surface area contributed by atoms with E-state index in [1.807, 2.05) is 12.1 Å². The number of piperidine rings is 1. The van der Waals surface area contributed by atoms with Crippen LogP contribution in [0.5, 0.6) is 0 Å². The first kappa shape index (κ1) is 20.0. The topological polar surface area (TPSA) is 43.8 Å². The van der Waals surface area contributed by atoms with E-state index in [9.17, 15) is 14.3 Å². The molecule has 0 unspecified atom stereocenters. The quantitative estimate of drug-likeness (QED) is 0.843. The Kier molecular flexibility index (Phi) is 5.97. The van der Waals surface area contributed by atoms with Gasteiger partial charge in [-0.15, -0.1) is 0 Å². The van der Waals surface area contributed by atoms with E-state index in [1.54, 1.807) is 4.90 Å². The number of halogens is 1. The number of carbonyl (C=O) groups is 1. The number of hydrogen-bond donors (Lipinski definition) is 1. The van der Waals surface area contributed by atoms with Gasteiger partial charge in [0.2, 0.25) is 0 Å². The highest BCUT2D eigenvalue weighted by atomic mass is 19.1. The van der Waals surface area contributed by atoms with Gasteiger partial charge in [0.1, 0.15) is 5.82 Å². The summed E-state index contributed by atoms with van der Waals surface area (Å²) in [4.78, 5) is 17.1. The van der Waals surface area contributed by atoms with Crippen LogP contribution < -0.4 is 4.90 Å². The summed E-state index contributed by atoms with van der Waals surface area (Å²) in [6.45, 7) is 5.66. The average molecular weight is 397 g/mol. The number of rotatable bonds is 4. The molecule has 4 rings (SSSR count). The van der Waals surface area contributed by atoms with Crippen molar-refractivity contribution in [3.05, 3.63) is 65.0 Å². The molecule has 0 aliphatic carbocycles. The van der Waals surface area contributed by atoms with Gasteiger partial charge in [0.15, 0.2) is 0 Å². The first-order chi connectivity index (χ1) is 14.0. The second-order valence-corrected chi connectivity index (χ2v) is 8.48. The summed E-state index contributed by atoms with van der Waals surface area (Å²) in [6, 6.07) is 11.6. The number of aliphatic hydroxyl groups excluding tert-OH is 1. The summed E-state index contributed by atoms with van der Waals surface area (Å²) >= 11 is 0. The highest BCUT2D eigenvalue weighted by Gasteiger charge is 2.25. The maximum Gasteiger partial charge on any atom is 0.258 e. The summed E-state index contributed by atoms with van der Waals surface area (Å²) in [7, 11) is 0. The highest BCUT2D eigenvalue weighted by molar-refractivity contribution is 6.06. The van der Waals surface area contributed by atoms with Gasteiger partial charge in [-0.25, -0.2) is 4.39 Å². The normalized spacial score (nSPS) is 20.9. The second kappa shape index (κ2) is 8.64. The lowest BCUT2D eigenvalue weighted by atomic mass is 9.95. The van der Waals surface area contributed by atoms with E-state index >= 15 is 0 Å². The van der Waals surface area contributed by atoms with Gasteiger partial charge in [-0.05, 0) is 79.6 Å². The number of β-amino-alcohol motifs (C(OH)–C–C–N with tert-alkyl or cyclic N) is 1. The Morgan fingerprint density at radius 2 is 1.97 bits per heavy atom. The lowest BCUT2D eigenvalue weighted by Crippen LogP contribution is -2.37. The summed E-state index contributed by atoms with van der Waals surface area (Å²) in [6.07, 6.45) is 3.71. The van der Waals surface area contributed by atoms with Gasteiger partial charge in [-0.3, -0.25) is 4.79 Å². The molecule has 2 aromatic carbocycles. The molecule has 0 aromatic heterocycles. The molecule has 2 heterocycles. The molecule has 2 atom stereocenters. The molecule has 0 saturated carbocycles. The molecule has 154 valence electrons. The minimum Gasteiger partial charge on any atom is -0.387 e. The predicted molar refractivity (Wildman–Crippen MR) is 113 cm³/mol. The van der Waals surface area contributed by atoms with Gasteiger partial charge in [-0.2, -0.15) is 0 Å². The van der Waals surface area contributed by atoms with Gasteiger partial charge in [0.05, 0.1) is 6.10 Å². The third kappa shape index (κ3) is 4.51. The molecule has 1 N–H and O–H groups in total. The van der Waals surface area contributed by atoms with Gasteiger partial charge in [0.25, 0.3) is 5.91 Å². The Labute approximate surface area is 171 Å². The van der Waals surface area contributed by atoms with Crippen LogP contribution in [0.3, 0.4) is 0 Å². The van der Waals surface area contributed by atoms with Crippen molar-refractivity contribution < 1.29 is 14.3 Å². The van der Waals surface area contributed by atoms with Crippen molar-refractivity contribution in [1.82, 2.24) is 4.90 Å². The first-order valence-electron chi connectivity index (χ1n) is 10.6. The van der Waals surface area contributed by atoms with E-state index in [1.165, 1.54) is 37.1 Å². The van der Waals surface area contributed by atoms with Crippen LogP contribution in [0, 0.1) is 11.7 Å². The van der Waals surface area contributed by atoms with Crippen LogP contribution in [0.4, 0.5) is 10.1 Å². The van der Waals surface area contributed by atoms with Crippen molar-refractivity contribution in [3.63, 3.8) is 0 Å². The smallest absolute Gasteiger partial charge is 0.258 e. The molecular weight excluding hydrogens is 367 g/mol. The van der Waals surface area contributed by atoms with Crippen molar-refractivity contribution in [2.24, 2.45) is 5.92 Å². The minimum atomic E-state index is -0.520. The maximum atomic E-state index is 13.2. The zero-order valence-corrected chi connectivity index (χ0v) is 17.0. The van der Waals surface area contributed by atoms with Crippen LogP contribution in [0.25, 0.3) is 0 Å². The number of nitrogens with zero attached hydrogens (tertiary/aromatic N) is 2. The molecule has 0 bridgehead atoms. The lowest BCUT2D eigenvalue weighted by molar-refractivity contribution is 0.0875.